The van der Waals surface area contributed by atoms with Gasteiger partial charge < -0.3 is 16.0 Å². The number of carbonyl (C=O) groups excluding carboxylic acids is 1. The third-order valence-electron chi connectivity index (χ3n) is 3.83. The quantitative estimate of drug-likeness (QED) is 0.574. The Morgan fingerprint density at radius 3 is 2.20 bits per heavy atom. The van der Waals surface area contributed by atoms with E-state index in [2.05, 4.69) is 31.0 Å². The Bertz CT molecular complexity index is 279. The van der Waals surface area contributed by atoms with Crippen molar-refractivity contribution in [3.63, 3.8) is 0 Å². The van der Waals surface area contributed by atoms with Crippen LogP contribution in [0.25, 0.3) is 0 Å². The van der Waals surface area contributed by atoms with Crippen molar-refractivity contribution in [2.75, 3.05) is 13.1 Å². The van der Waals surface area contributed by atoms with Crippen molar-refractivity contribution >= 4 is 5.91 Å². The minimum absolute atomic E-state index is 0.250. The summed E-state index contributed by atoms with van der Waals surface area (Å²) in [7, 11) is 0. The Labute approximate surface area is 125 Å². The third kappa shape index (κ3) is 7.25. The molecule has 1 unspecified atom stereocenters. The van der Waals surface area contributed by atoms with Gasteiger partial charge in [0.25, 0.3) is 0 Å². The van der Waals surface area contributed by atoms with Gasteiger partial charge in [-0.05, 0) is 54.0 Å². The molecule has 4 heteroatoms. The van der Waals surface area contributed by atoms with Gasteiger partial charge in [-0.1, -0.05) is 19.8 Å². The molecule has 0 heterocycles. The number of nitrogens with one attached hydrogen (secondary N) is 1. The van der Waals surface area contributed by atoms with Crippen LogP contribution in [0.4, 0.5) is 0 Å². The number of carbonyl (C=O) groups is 1. The predicted molar refractivity (Wildman–Crippen MR) is 86.7 cm³/mol. The van der Waals surface area contributed by atoms with Crippen LogP contribution in [-0.2, 0) is 4.79 Å². The summed E-state index contributed by atoms with van der Waals surface area (Å²) < 4.78 is 0. The van der Waals surface area contributed by atoms with Crippen LogP contribution in [-0.4, -0.2) is 41.5 Å². The Kier molecular flexibility index (Phi) is 9.06. The maximum Gasteiger partial charge on any atom is 0.237 e. The average molecular weight is 285 g/mol. The Morgan fingerprint density at radius 2 is 1.80 bits per heavy atom. The topological polar surface area (TPSA) is 58.4 Å². The molecule has 120 valence electrons. The zero-order valence-electron chi connectivity index (χ0n) is 14.3. The largest absolute Gasteiger partial charge is 0.368 e. The normalized spacial score (nSPS) is 15.1. The van der Waals surface area contributed by atoms with Gasteiger partial charge in [0, 0.05) is 18.6 Å². The molecule has 0 radical (unpaired) electrons. The summed E-state index contributed by atoms with van der Waals surface area (Å²) in [4.78, 5) is 14.2. The van der Waals surface area contributed by atoms with Crippen LogP contribution in [0.2, 0.25) is 0 Å². The van der Waals surface area contributed by atoms with Crippen molar-refractivity contribution in [2.45, 2.75) is 84.8 Å². The molecule has 1 amide bonds. The monoisotopic (exact) mass is 285 g/mol. The summed E-state index contributed by atoms with van der Waals surface area (Å²) in [5.74, 6) is -0.261. The van der Waals surface area contributed by atoms with Gasteiger partial charge in [0.1, 0.15) is 0 Å². The molecule has 4 nitrogen and oxygen atoms in total. The second-order valence-electron chi connectivity index (χ2n) is 6.58. The molecule has 20 heavy (non-hydrogen) atoms. The second kappa shape index (κ2) is 9.35. The van der Waals surface area contributed by atoms with Gasteiger partial charge in [0.15, 0.2) is 0 Å². The minimum atomic E-state index is -0.619. The number of nitrogens with two attached hydrogens (primary N) is 1. The van der Waals surface area contributed by atoms with E-state index in [0.29, 0.717) is 6.04 Å². The summed E-state index contributed by atoms with van der Waals surface area (Å²) in [6, 6.07) is 0.753. The maximum absolute atomic E-state index is 11.7. The molecule has 0 aromatic rings. The lowest BCUT2D eigenvalue weighted by molar-refractivity contribution is -0.124. The first-order valence-electron chi connectivity index (χ1n) is 8.04. The fourth-order valence-electron chi connectivity index (χ4n) is 2.46. The van der Waals surface area contributed by atoms with Crippen molar-refractivity contribution in [3.8, 4) is 0 Å². The van der Waals surface area contributed by atoms with Crippen molar-refractivity contribution in [1.82, 2.24) is 10.2 Å². The zero-order chi connectivity index (χ0) is 15.8. The van der Waals surface area contributed by atoms with E-state index in [1.807, 2.05) is 20.8 Å². The Balaban J connectivity index is 4.51. The highest BCUT2D eigenvalue weighted by molar-refractivity contribution is 5.84. The van der Waals surface area contributed by atoms with Crippen molar-refractivity contribution < 1.29 is 4.79 Å². The van der Waals surface area contributed by atoms with E-state index in [1.165, 1.54) is 19.3 Å². The van der Waals surface area contributed by atoms with Gasteiger partial charge in [0.05, 0.1) is 5.54 Å². The average Bonchev–Trinajstić information content (AvgIpc) is 2.32. The molecule has 3 N–H and O–H groups in total. The number of hydrogen-bond acceptors (Lipinski definition) is 3. The molecule has 1 atom stereocenters. The standard InChI is InChI=1S/C16H35N3O/c1-7-8-9-11-19(14(4)5)12-10-16(6,15(17)20)18-13(2)3/h13-14,18H,7-12H2,1-6H3,(H2,17,20). The van der Waals surface area contributed by atoms with Crippen LogP contribution in [0.5, 0.6) is 0 Å². The van der Waals surface area contributed by atoms with Crippen LogP contribution < -0.4 is 11.1 Å². The molecular formula is C16H35N3O. The maximum atomic E-state index is 11.7. The molecular weight excluding hydrogens is 250 g/mol. The smallest absolute Gasteiger partial charge is 0.237 e. The Hall–Kier alpha value is -0.610. The molecule has 0 aliphatic rings. The van der Waals surface area contributed by atoms with E-state index < -0.39 is 5.54 Å². The molecule has 0 saturated heterocycles. The number of nitrogens with zero attached hydrogens (tertiary/aromatic N) is 1. The lowest BCUT2D eigenvalue weighted by atomic mass is 9.95. The highest BCUT2D eigenvalue weighted by Crippen LogP contribution is 2.14. The van der Waals surface area contributed by atoms with Crippen molar-refractivity contribution in [1.29, 1.82) is 0 Å². The zero-order valence-corrected chi connectivity index (χ0v) is 14.3. The highest BCUT2D eigenvalue weighted by atomic mass is 16.1. The number of amides is 1. The first-order valence-corrected chi connectivity index (χ1v) is 8.04. The number of primary amides is 1. The molecule has 0 aliphatic carbocycles. The molecule has 0 aromatic carbocycles. The van der Waals surface area contributed by atoms with E-state index in [1.54, 1.807) is 0 Å². The van der Waals surface area contributed by atoms with E-state index in [0.717, 1.165) is 19.5 Å². The number of hydrogen-bond donors (Lipinski definition) is 2. The summed E-state index contributed by atoms with van der Waals surface area (Å²) >= 11 is 0. The fraction of sp³-hybridized carbons (Fsp3) is 0.938. The van der Waals surface area contributed by atoms with Gasteiger partial charge in [0.2, 0.25) is 5.91 Å². The number of rotatable bonds is 11. The Morgan fingerprint density at radius 1 is 1.20 bits per heavy atom. The molecule has 0 aliphatic heterocycles. The first-order chi connectivity index (χ1) is 9.23. The van der Waals surface area contributed by atoms with Crippen LogP contribution in [0, 0.1) is 0 Å². The summed E-state index contributed by atoms with van der Waals surface area (Å²) in [6.07, 6.45) is 4.48. The SMILES string of the molecule is CCCCCN(CCC(C)(NC(C)C)C(N)=O)C(C)C. The molecule has 0 spiro atoms. The summed E-state index contributed by atoms with van der Waals surface area (Å²) in [6.45, 7) is 14.6. The van der Waals surface area contributed by atoms with E-state index in [4.69, 9.17) is 5.73 Å². The number of unbranched alkanes of at least 4 members (excludes halogenated alkanes) is 2. The predicted octanol–water partition coefficient (Wildman–Crippen LogP) is 2.52. The van der Waals surface area contributed by atoms with Crippen LogP contribution >= 0.6 is 0 Å². The van der Waals surface area contributed by atoms with Crippen LogP contribution in [0.1, 0.15) is 67.2 Å². The fourth-order valence-corrected chi connectivity index (χ4v) is 2.46. The highest BCUT2D eigenvalue weighted by Gasteiger charge is 2.31. The minimum Gasteiger partial charge on any atom is -0.368 e. The van der Waals surface area contributed by atoms with Crippen molar-refractivity contribution in [3.05, 3.63) is 0 Å². The molecule has 0 bridgehead atoms. The van der Waals surface area contributed by atoms with Gasteiger partial charge in [-0.25, -0.2) is 0 Å². The van der Waals surface area contributed by atoms with Crippen LogP contribution in [0.15, 0.2) is 0 Å². The van der Waals surface area contributed by atoms with Gasteiger partial charge in [-0.3, -0.25) is 4.79 Å². The first kappa shape index (κ1) is 19.4. The molecule has 0 aromatic heterocycles. The van der Waals surface area contributed by atoms with Crippen molar-refractivity contribution in [2.24, 2.45) is 5.73 Å². The summed E-state index contributed by atoms with van der Waals surface area (Å²) in [5, 5.41) is 3.32. The van der Waals surface area contributed by atoms with E-state index in [9.17, 15) is 4.79 Å². The van der Waals surface area contributed by atoms with Gasteiger partial charge in [-0.2, -0.15) is 0 Å². The van der Waals surface area contributed by atoms with E-state index >= 15 is 0 Å². The molecule has 0 rings (SSSR count). The van der Waals surface area contributed by atoms with E-state index in [-0.39, 0.29) is 11.9 Å². The van der Waals surface area contributed by atoms with Gasteiger partial charge in [-0.15, -0.1) is 0 Å². The lowest BCUT2D eigenvalue weighted by Crippen LogP contribution is -2.57. The van der Waals surface area contributed by atoms with Gasteiger partial charge >= 0.3 is 0 Å². The second-order valence-corrected chi connectivity index (χ2v) is 6.58. The van der Waals surface area contributed by atoms with Crippen LogP contribution in [0.3, 0.4) is 0 Å². The third-order valence-corrected chi connectivity index (χ3v) is 3.83. The summed E-state index contributed by atoms with van der Waals surface area (Å²) in [5.41, 5.74) is 4.96. The lowest BCUT2D eigenvalue weighted by Gasteiger charge is -2.34. The molecule has 0 saturated carbocycles. The molecule has 0 fully saturated rings.